The van der Waals surface area contributed by atoms with Gasteiger partial charge in [-0.2, -0.15) is 0 Å². The van der Waals surface area contributed by atoms with Crippen molar-refractivity contribution in [1.29, 1.82) is 0 Å². The predicted molar refractivity (Wildman–Crippen MR) is 78.7 cm³/mol. The topological polar surface area (TPSA) is 71.7 Å². The zero-order valence-corrected chi connectivity index (χ0v) is 12.8. The zero-order valence-electron chi connectivity index (χ0n) is 12.8. The van der Waals surface area contributed by atoms with Gasteiger partial charge in [-0.1, -0.05) is 0 Å². The molecule has 0 aromatic carbocycles. The standard InChI is InChI=1S/C16H25NO4/c1-3-20-15(18)13-6-8-16(19,9-7-13)11-17-12(2)14-5-4-10-21-14/h4-5,10,12-13,17,19H,3,6-9,11H2,1-2H3/t12-,13?,16?/m1/s1. The van der Waals surface area contributed by atoms with E-state index in [-0.39, 0.29) is 17.9 Å². The Labute approximate surface area is 125 Å². The highest BCUT2D eigenvalue weighted by atomic mass is 16.5. The molecule has 1 aromatic heterocycles. The summed E-state index contributed by atoms with van der Waals surface area (Å²) in [4.78, 5) is 11.7. The fourth-order valence-corrected chi connectivity index (χ4v) is 2.81. The Bertz CT molecular complexity index is 435. The van der Waals surface area contributed by atoms with Gasteiger partial charge in [0.25, 0.3) is 0 Å². The van der Waals surface area contributed by atoms with Crippen molar-refractivity contribution in [2.45, 2.75) is 51.2 Å². The van der Waals surface area contributed by atoms with E-state index in [1.165, 1.54) is 0 Å². The average Bonchev–Trinajstić information content (AvgIpc) is 3.00. The van der Waals surface area contributed by atoms with Crippen molar-refractivity contribution < 1.29 is 19.1 Å². The lowest BCUT2D eigenvalue weighted by Gasteiger charge is -2.36. The number of furan rings is 1. The molecular formula is C16H25NO4. The van der Waals surface area contributed by atoms with E-state index in [1.54, 1.807) is 6.26 Å². The number of hydrogen-bond donors (Lipinski definition) is 2. The van der Waals surface area contributed by atoms with Crippen LogP contribution in [0.4, 0.5) is 0 Å². The minimum absolute atomic E-state index is 0.0619. The fraction of sp³-hybridized carbons (Fsp3) is 0.688. The minimum atomic E-state index is -0.746. The molecule has 0 saturated heterocycles. The number of esters is 1. The quantitative estimate of drug-likeness (QED) is 0.789. The molecular weight excluding hydrogens is 270 g/mol. The molecule has 0 amide bonds. The van der Waals surface area contributed by atoms with Crippen LogP contribution < -0.4 is 5.32 Å². The lowest BCUT2D eigenvalue weighted by Crippen LogP contribution is -2.45. The molecule has 1 heterocycles. The monoisotopic (exact) mass is 295 g/mol. The van der Waals surface area contributed by atoms with Crippen LogP contribution in [0.15, 0.2) is 22.8 Å². The summed E-state index contributed by atoms with van der Waals surface area (Å²) in [7, 11) is 0. The van der Waals surface area contributed by atoms with Crippen molar-refractivity contribution in [3.63, 3.8) is 0 Å². The van der Waals surface area contributed by atoms with Crippen LogP contribution in [0.1, 0.15) is 51.3 Å². The zero-order chi connectivity index (χ0) is 15.3. The van der Waals surface area contributed by atoms with E-state index in [9.17, 15) is 9.90 Å². The Morgan fingerprint density at radius 2 is 2.29 bits per heavy atom. The molecule has 2 rings (SSSR count). The molecule has 0 unspecified atom stereocenters. The molecule has 0 radical (unpaired) electrons. The maximum atomic E-state index is 11.7. The lowest BCUT2D eigenvalue weighted by atomic mass is 9.78. The maximum Gasteiger partial charge on any atom is 0.308 e. The molecule has 5 heteroatoms. The number of hydrogen-bond acceptors (Lipinski definition) is 5. The third-order valence-electron chi connectivity index (χ3n) is 4.24. The normalized spacial score (nSPS) is 27.3. The van der Waals surface area contributed by atoms with Gasteiger partial charge in [-0.25, -0.2) is 0 Å². The van der Waals surface area contributed by atoms with Crippen molar-refractivity contribution in [3.8, 4) is 0 Å². The van der Waals surface area contributed by atoms with E-state index in [2.05, 4.69) is 5.32 Å². The second-order valence-electron chi connectivity index (χ2n) is 5.87. The Morgan fingerprint density at radius 3 is 2.86 bits per heavy atom. The highest BCUT2D eigenvalue weighted by molar-refractivity contribution is 5.72. The first-order valence-corrected chi connectivity index (χ1v) is 7.70. The van der Waals surface area contributed by atoms with Gasteiger partial charge in [0.05, 0.1) is 30.4 Å². The Balaban J connectivity index is 1.78. The molecule has 118 valence electrons. The molecule has 1 aliphatic carbocycles. The van der Waals surface area contributed by atoms with Gasteiger partial charge in [0.2, 0.25) is 0 Å². The first-order chi connectivity index (χ1) is 10.0. The van der Waals surface area contributed by atoms with Gasteiger partial charge in [-0.15, -0.1) is 0 Å². The van der Waals surface area contributed by atoms with Crippen LogP contribution in [0.3, 0.4) is 0 Å². The van der Waals surface area contributed by atoms with Crippen LogP contribution in [0.5, 0.6) is 0 Å². The summed E-state index contributed by atoms with van der Waals surface area (Å²) in [5, 5.41) is 13.9. The summed E-state index contributed by atoms with van der Waals surface area (Å²) in [6, 6.07) is 3.83. The Morgan fingerprint density at radius 1 is 1.57 bits per heavy atom. The number of carbonyl (C=O) groups is 1. The van der Waals surface area contributed by atoms with Crippen molar-refractivity contribution in [1.82, 2.24) is 5.32 Å². The number of nitrogens with one attached hydrogen (secondary N) is 1. The van der Waals surface area contributed by atoms with Crippen LogP contribution in [0, 0.1) is 5.92 Å². The summed E-state index contributed by atoms with van der Waals surface area (Å²) in [6.45, 7) is 4.75. The van der Waals surface area contributed by atoms with E-state index < -0.39 is 5.60 Å². The van der Waals surface area contributed by atoms with E-state index in [4.69, 9.17) is 9.15 Å². The number of aliphatic hydroxyl groups is 1. The van der Waals surface area contributed by atoms with Gasteiger partial charge in [0.15, 0.2) is 0 Å². The lowest BCUT2D eigenvalue weighted by molar-refractivity contribution is -0.151. The Hall–Kier alpha value is -1.33. The van der Waals surface area contributed by atoms with Gasteiger partial charge < -0.3 is 19.6 Å². The molecule has 1 atom stereocenters. The molecule has 0 spiro atoms. The van der Waals surface area contributed by atoms with E-state index in [1.807, 2.05) is 26.0 Å². The Kier molecular flexibility index (Phi) is 5.42. The molecule has 5 nitrogen and oxygen atoms in total. The summed E-state index contributed by atoms with van der Waals surface area (Å²) >= 11 is 0. The van der Waals surface area contributed by atoms with Crippen molar-refractivity contribution in [3.05, 3.63) is 24.2 Å². The van der Waals surface area contributed by atoms with Crippen molar-refractivity contribution in [2.75, 3.05) is 13.2 Å². The van der Waals surface area contributed by atoms with Crippen LogP contribution in [-0.4, -0.2) is 29.8 Å². The highest BCUT2D eigenvalue weighted by Gasteiger charge is 2.36. The first kappa shape index (κ1) is 16.0. The minimum Gasteiger partial charge on any atom is -0.468 e. The molecule has 21 heavy (non-hydrogen) atoms. The van der Waals surface area contributed by atoms with Crippen molar-refractivity contribution in [2.24, 2.45) is 5.92 Å². The van der Waals surface area contributed by atoms with Gasteiger partial charge in [0, 0.05) is 6.54 Å². The molecule has 1 saturated carbocycles. The van der Waals surface area contributed by atoms with Crippen LogP contribution in [-0.2, 0) is 9.53 Å². The highest BCUT2D eigenvalue weighted by Crippen LogP contribution is 2.32. The second kappa shape index (κ2) is 7.09. The summed E-state index contributed by atoms with van der Waals surface area (Å²) in [5.41, 5.74) is -0.746. The number of rotatable bonds is 6. The largest absolute Gasteiger partial charge is 0.468 e. The predicted octanol–water partition coefficient (Wildman–Crippen LogP) is 2.41. The SMILES string of the molecule is CCOC(=O)C1CCC(O)(CN[C@H](C)c2ccco2)CC1. The molecule has 0 bridgehead atoms. The summed E-state index contributed by atoms with van der Waals surface area (Å²) in [5.74, 6) is 0.669. The van der Waals surface area contributed by atoms with E-state index in [0.29, 0.717) is 38.8 Å². The van der Waals surface area contributed by atoms with Crippen LogP contribution in [0.2, 0.25) is 0 Å². The smallest absolute Gasteiger partial charge is 0.308 e. The molecule has 1 aliphatic rings. The fourth-order valence-electron chi connectivity index (χ4n) is 2.81. The van der Waals surface area contributed by atoms with Gasteiger partial charge in [0.1, 0.15) is 5.76 Å². The average molecular weight is 295 g/mol. The first-order valence-electron chi connectivity index (χ1n) is 7.70. The van der Waals surface area contributed by atoms with Crippen LogP contribution in [0.25, 0.3) is 0 Å². The van der Waals surface area contributed by atoms with E-state index in [0.717, 1.165) is 5.76 Å². The third-order valence-corrected chi connectivity index (χ3v) is 4.24. The third kappa shape index (κ3) is 4.32. The maximum absolute atomic E-state index is 11.7. The van der Waals surface area contributed by atoms with Gasteiger partial charge in [-0.3, -0.25) is 4.79 Å². The summed E-state index contributed by atoms with van der Waals surface area (Å²) < 4.78 is 10.4. The van der Waals surface area contributed by atoms with E-state index >= 15 is 0 Å². The van der Waals surface area contributed by atoms with Crippen LogP contribution >= 0.6 is 0 Å². The van der Waals surface area contributed by atoms with Gasteiger partial charge in [-0.05, 0) is 51.7 Å². The number of ether oxygens (including phenoxy) is 1. The summed E-state index contributed by atoms with van der Waals surface area (Å²) in [6.07, 6.45) is 4.26. The second-order valence-corrected chi connectivity index (χ2v) is 5.87. The molecule has 2 N–H and O–H groups in total. The van der Waals surface area contributed by atoms with Crippen molar-refractivity contribution >= 4 is 5.97 Å². The molecule has 0 aliphatic heterocycles. The molecule has 1 fully saturated rings. The van der Waals surface area contributed by atoms with Gasteiger partial charge >= 0.3 is 5.97 Å². The molecule has 1 aromatic rings. The number of carbonyl (C=O) groups excluding carboxylic acids is 1.